The number of benzene rings is 3. The molecule has 0 saturated heterocycles. The van der Waals surface area contributed by atoms with Crippen LogP contribution in [0.25, 0.3) is 22.4 Å². The van der Waals surface area contributed by atoms with Gasteiger partial charge in [-0.1, -0.05) is 41.9 Å². The maximum absolute atomic E-state index is 13.1. The summed E-state index contributed by atoms with van der Waals surface area (Å²) in [5, 5.41) is 15.6. The van der Waals surface area contributed by atoms with Crippen LogP contribution in [0.5, 0.6) is 5.75 Å². The van der Waals surface area contributed by atoms with Crippen molar-refractivity contribution >= 4 is 41.3 Å². The van der Waals surface area contributed by atoms with Gasteiger partial charge in [0.2, 0.25) is 0 Å². The number of halogens is 4. The van der Waals surface area contributed by atoms with E-state index in [9.17, 15) is 32.8 Å². The molecule has 1 aromatic heterocycles. The molecule has 1 amide bonds. The van der Waals surface area contributed by atoms with E-state index in [2.05, 4.69) is 20.4 Å². The lowest BCUT2D eigenvalue weighted by atomic mass is 9.97. The standard InChI is InChI=1S/C30H21ClF3N5O4/c1-29(36,16-40)39-20-9-5-8-18(12-20)22-14-24(21-11-10-19(31)13-25(21)43-28(42)30(32,33)34)37-26(23(22)15-35)38-27(41)17-6-3-2-4-7-17/h2-14,16,39H,36H2,1H3,(H,37,38,41)/t29-/m0/s1. The molecule has 0 aliphatic heterocycles. The number of nitrogens with one attached hydrogen (secondary N) is 2. The lowest BCUT2D eigenvalue weighted by Crippen LogP contribution is -2.46. The highest BCUT2D eigenvalue weighted by molar-refractivity contribution is 6.30. The highest BCUT2D eigenvalue weighted by atomic mass is 35.5. The summed E-state index contributed by atoms with van der Waals surface area (Å²) < 4.78 is 43.8. The number of aromatic nitrogens is 1. The van der Waals surface area contributed by atoms with Gasteiger partial charge in [0.1, 0.15) is 23.0 Å². The van der Waals surface area contributed by atoms with E-state index in [-0.39, 0.29) is 38.8 Å². The summed E-state index contributed by atoms with van der Waals surface area (Å²) in [5.41, 5.74) is 5.49. The number of hydrogen-bond donors (Lipinski definition) is 3. The van der Waals surface area contributed by atoms with Gasteiger partial charge in [0, 0.05) is 33.5 Å². The van der Waals surface area contributed by atoms with Gasteiger partial charge in [-0.15, -0.1) is 0 Å². The number of pyridine rings is 1. The molecule has 0 unspecified atom stereocenters. The van der Waals surface area contributed by atoms with Crippen molar-refractivity contribution in [1.82, 2.24) is 4.98 Å². The highest BCUT2D eigenvalue weighted by Gasteiger charge is 2.42. The van der Waals surface area contributed by atoms with Crippen LogP contribution in [0, 0.1) is 11.3 Å². The summed E-state index contributed by atoms with van der Waals surface area (Å²) in [4.78, 5) is 40.5. The van der Waals surface area contributed by atoms with Crippen molar-refractivity contribution in [2.75, 3.05) is 10.6 Å². The average Bonchev–Trinajstić information content (AvgIpc) is 2.96. The first-order chi connectivity index (χ1) is 20.3. The fourth-order valence-corrected chi connectivity index (χ4v) is 4.10. The zero-order valence-corrected chi connectivity index (χ0v) is 23.0. The van der Waals surface area contributed by atoms with Crippen LogP contribution < -0.4 is 21.1 Å². The summed E-state index contributed by atoms with van der Waals surface area (Å²) in [6, 6.07) is 21.5. The van der Waals surface area contributed by atoms with Crippen LogP contribution in [0.3, 0.4) is 0 Å². The van der Waals surface area contributed by atoms with Gasteiger partial charge >= 0.3 is 12.1 Å². The molecule has 0 fully saturated rings. The third kappa shape index (κ3) is 7.34. The number of rotatable bonds is 8. The molecule has 0 radical (unpaired) electrons. The number of hydrogen-bond acceptors (Lipinski definition) is 8. The van der Waals surface area contributed by atoms with Crippen molar-refractivity contribution in [2.45, 2.75) is 18.8 Å². The number of alkyl halides is 3. The van der Waals surface area contributed by atoms with Gasteiger partial charge in [-0.05, 0) is 55.0 Å². The van der Waals surface area contributed by atoms with Gasteiger partial charge in [0.25, 0.3) is 5.91 Å². The predicted molar refractivity (Wildman–Crippen MR) is 153 cm³/mol. The summed E-state index contributed by atoms with van der Waals surface area (Å²) in [7, 11) is 0. The molecule has 43 heavy (non-hydrogen) atoms. The van der Waals surface area contributed by atoms with Crippen molar-refractivity contribution < 1.29 is 32.3 Å². The highest BCUT2D eigenvalue weighted by Crippen LogP contribution is 2.38. The number of aldehydes is 1. The molecule has 0 spiro atoms. The number of amides is 1. The number of ether oxygens (including phenoxy) is 1. The van der Waals surface area contributed by atoms with Crippen molar-refractivity contribution in [3.8, 4) is 34.2 Å². The van der Waals surface area contributed by atoms with Crippen LogP contribution in [0.1, 0.15) is 22.8 Å². The number of nitrogens with zero attached hydrogens (tertiary/aromatic N) is 2. The van der Waals surface area contributed by atoms with Gasteiger partial charge < -0.3 is 21.1 Å². The number of nitrogens with two attached hydrogens (primary N) is 1. The minimum Gasteiger partial charge on any atom is -0.419 e. The monoisotopic (exact) mass is 607 g/mol. The van der Waals surface area contributed by atoms with Crippen LogP contribution in [0.15, 0.2) is 78.9 Å². The summed E-state index contributed by atoms with van der Waals surface area (Å²) in [6.07, 6.45) is -4.80. The van der Waals surface area contributed by atoms with E-state index in [0.29, 0.717) is 17.5 Å². The molecule has 0 bridgehead atoms. The van der Waals surface area contributed by atoms with Crippen LogP contribution in [0.2, 0.25) is 5.02 Å². The molecule has 1 atom stereocenters. The largest absolute Gasteiger partial charge is 0.491 e. The van der Waals surface area contributed by atoms with Gasteiger partial charge in [-0.2, -0.15) is 18.4 Å². The lowest BCUT2D eigenvalue weighted by molar-refractivity contribution is -0.189. The smallest absolute Gasteiger partial charge is 0.419 e. The van der Waals surface area contributed by atoms with Crippen LogP contribution in [-0.2, 0) is 9.59 Å². The Bertz CT molecular complexity index is 1760. The second-order valence-electron chi connectivity index (χ2n) is 9.34. The zero-order chi connectivity index (χ0) is 31.4. The number of esters is 1. The van der Waals surface area contributed by atoms with Crippen LogP contribution in [0.4, 0.5) is 24.7 Å². The van der Waals surface area contributed by atoms with E-state index >= 15 is 0 Å². The lowest BCUT2D eigenvalue weighted by Gasteiger charge is -2.21. The van der Waals surface area contributed by atoms with Crippen molar-refractivity contribution in [1.29, 1.82) is 5.26 Å². The third-order valence-corrected chi connectivity index (χ3v) is 6.12. The number of anilines is 2. The van der Waals surface area contributed by atoms with Crippen LogP contribution in [-0.4, -0.2) is 35.0 Å². The Balaban J connectivity index is 1.93. The molecule has 13 heteroatoms. The Morgan fingerprint density at radius 1 is 1.02 bits per heavy atom. The Morgan fingerprint density at radius 2 is 1.74 bits per heavy atom. The van der Waals surface area contributed by atoms with E-state index in [1.807, 2.05) is 6.07 Å². The van der Waals surface area contributed by atoms with E-state index in [0.717, 1.165) is 6.07 Å². The first-order valence-corrected chi connectivity index (χ1v) is 12.7. The molecular weight excluding hydrogens is 587 g/mol. The quantitative estimate of drug-likeness (QED) is 0.0964. The third-order valence-electron chi connectivity index (χ3n) is 5.88. The summed E-state index contributed by atoms with van der Waals surface area (Å²) >= 11 is 5.99. The van der Waals surface area contributed by atoms with Crippen LogP contribution >= 0.6 is 11.6 Å². The summed E-state index contributed by atoms with van der Waals surface area (Å²) in [5.74, 6) is -3.88. The topological polar surface area (TPSA) is 147 Å². The molecule has 4 N–H and O–H groups in total. The Morgan fingerprint density at radius 3 is 2.40 bits per heavy atom. The SMILES string of the molecule is C[C@@](N)(C=O)Nc1cccc(-c2cc(-c3ccc(Cl)cc3OC(=O)C(F)(F)F)nc(NC(=O)c3ccccc3)c2C#N)c1. The maximum Gasteiger partial charge on any atom is 0.491 e. The van der Waals surface area contributed by atoms with Crippen molar-refractivity contribution in [3.63, 3.8) is 0 Å². The molecule has 9 nitrogen and oxygen atoms in total. The second-order valence-corrected chi connectivity index (χ2v) is 9.78. The Labute approximate surface area is 248 Å². The second kappa shape index (κ2) is 12.3. The van der Waals surface area contributed by atoms with E-state index in [4.69, 9.17) is 17.3 Å². The minimum absolute atomic E-state index is 0.0287. The number of nitriles is 1. The first-order valence-electron chi connectivity index (χ1n) is 12.4. The average molecular weight is 608 g/mol. The molecule has 3 aromatic carbocycles. The maximum atomic E-state index is 13.1. The van der Waals surface area contributed by atoms with Gasteiger partial charge in [-0.3, -0.25) is 9.59 Å². The number of carbonyl (C=O) groups excluding carboxylic acids is 3. The zero-order valence-electron chi connectivity index (χ0n) is 22.2. The van der Waals surface area contributed by atoms with Gasteiger partial charge in [0.05, 0.1) is 5.69 Å². The molecule has 0 saturated carbocycles. The molecule has 218 valence electrons. The molecule has 0 aliphatic carbocycles. The molecule has 4 rings (SSSR count). The minimum atomic E-state index is -5.30. The van der Waals surface area contributed by atoms with Gasteiger partial charge in [0.15, 0.2) is 12.1 Å². The Kier molecular flexibility index (Phi) is 8.80. The Hall–Kier alpha value is -5.25. The van der Waals surface area contributed by atoms with Crippen molar-refractivity contribution in [3.05, 3.63) is 95.0 Å². The summed E-state index contributed by atoms with van der Waals surface area (Å²) in [6.45, 7) is 1.44. The normalized spacial score (nSPS) is 12.4. The van der Waals surface area contributed by atoms with E-state index in [1.165, 1.54) is 37.3 Å². The molecule has 0 aliphatic rings. The van der Waals surface area contributed by atoms with E-state index < -0.39 is 29.5 Å². The molecular formula is C30H21ClF3N5O4. The van der Waals surface area contributed by atoms with Gasteiger partial charge in [-0.25, -0.2) is 9.78 Å². The molecule has 1 heterocycles. The molecule has 4 aromatic rings. The van der Waals surface area contributed by atoms with Crippen molar-refractivity contribution in [2.24, 2.45) is 5.73 Å². The predicted octanol–water partition coefficient (Wildman–Crippen LogP) is 5.95. The fraction of sp³-hybridized carbons (Fsp3) is 0.100. The van der Waals surface area contributed by atoms with E-state index in [1.54, 1.807) is 42.5 Å². The number of carbonyl (C=O) groups is 3. The first kappa shape index (κ1) is 30.7. The fourth-order valence-electron chi connectivity index (χ4n) is 3.94.